The van der Waals surface area contributed by atoms with Crippen LogP contribution in [-0.4, -0.2) is 30.2 Å². The van der Waals surface area contributed by atoms with Gasteiger partial charge < -0.3 is 11.1 Å². The minimum Gasteiger partial charge on any atom is -0.382 e. The van der Waals surface area contributed by atoms with E-state index in [0.717, 1.165) is 35.4 Å². The smallest absolute Gasteiger partial charge is 0.256 e. The number of nitrogens with two attached hydrogens (primary N) is 1. The van der Waals surface area contributed by atoms with Gasteiger partial charge in [-0.05, 0) is 31.0 Å². The number of carbonyl (C=O) groups excluding carboxylic acids is 1. The van der Waals surface area contributed by atoms with Gasteiger partial charge in [-0.15, -0.1) is 0 Å². The molecule has 1 amide bonds. The highest BCUT2D eigenvalue weighted by atomic mass is 16.1. The second kappa shape index (κ2) is 8.14. The average molecular weight is 413 g/mol. The maximum atomic E-state index is 12.5. The molecule has 3 aromatic heterocycles. The van der Waals surface area contributed by atoms with Crippen LogP contribution in [0.5, 0.6) is 0 Å². The van der Waals surface area contributed by atoms with Gasteiger partial charge in [0.1, 0.15) is 35.0 Å². The zero-order valence-electron chi connectivity index (χ0n) is 17.0. The molecule has 1 saturated carbocycles. The Balaban J connectivity index is 1.48. The normalized spacial score (nSPS) is 14.6. The van der Waals surface area contributed by atoms with Gasteiger partial charge in [0, 0.05) is 35.6 Å². The Morgan fingerprint density at radius 2 is 1.84 bits per heavy atom. The van der Waals surface area contributed by atoms with Crippen LogP contribution in [0.4, 0.5) is 11.6 Å². The molecule has 0 radical (unpaired) electrons. The van der Waals surface area contributed by atoms with Crippen LogP contribution in [0.2, 0.25) is 0 Å². The third-order valence-corrected chi connectivity index (χ3v) is 5.82. The summed E-state index contributed by atoms with van der Waals surface area (Å²) in [7, 11) is 0. The highest BCUT2D eigenvalue weighted by Crippen LogP contribution is 2.36. The van der Waals surface area contributed by atoms with E-state index in [0.29, 0.717) is 23.1 Å². The summed E-state index contributed by atoms with van der Waals surface area (Å²) in [5, 5.41) is 2.76. The van der Waals surface area contributed by atoms with Crippen molar-refractivity contribution in [2.75, 3.05) is 11.1 Å². The van der Waals surface area contributed by atoms with Crippen LogP contribution in [0.15, 0.2) is 55.2 Å². The van der Waals surface area contributed by atoms with Gasteiger partial charge in [-0.2, -0.15) is 0 Å². The zero-order chi connectivity index (χ0) is 21.2. The number of nitrogens with zero attached hydrogens (tertiary/aromatic N) is 5. The first kappa shape index (κ1) is 19.2. The van der Waals surface area contributed by atoms with Crippen molar-refractivity contribution in [1.82, 2.24) is 24.3 Å². The molecule has 0 bridgehead atoms. The second-order valence-electron chi connectivity index (χ2n) is 7.81. The summed E-state index contributed by atoms with van der Waals surface area (Å²) < 4.78 is 2.09. The van der Waals surface area contributed by atoms with Crippen molar-refractivity contribution in [3.8, 4) is 11.3 Å². The quantitative estimate of drug-likeness (QED) is 0.522. The van der Waals surface area contributed by atoms with E-state index in [4.69, 9.17) is 10.7 Å². The fourth-order valence-corrected chi connectivity index (χ4v) is 4.27. The van der Waals surface area contributed by atoms with Gasteiger partial charge in [0.15, 0.2) is 0 Å². The van der Waals surface area contributed by atoms with E-state index in [1.54, 1.807) is 30.6 Å². The molecule has 4 aromatic rings. The first-order valence-electron chi connectivity index (χ1n) is 10.5. The second-order valence-corrected chi connectivity index (χ2v) is 7.81. The number of fused-ring (bicyclic) bond motifs is 1. The lowest BCUT2D eigenvalue weighted by atomic mass is 9.89. The maximum absolute atomic E-state index is 12.5. The van der Waals surface area contributed by atoms with E-state index in [-0.39, 0.29) is 5.91 Å². The number of hydrogen-bond acceptors (Lipinski definition) is 6. The van der Waals surface area contributed by atoms with E-state index in [2.05, 4.69) is 24.7 Å². The summed E-state index contributed by atoms with van der Waals surface area (Å²) in [5.41, 5.74) is 9.31. The largest absolute Gasteiger partial charge is 0.382 e. The summed E-state index contributed by atoms with van der Waals surface area (Å²) in [4.78, 5) is 29.7. The minimum absolute atomic E-state index is 0.232. The first-order valence-corrected chi connectivity index (χ1v) is 10.5. The van der Waals surface area contributed by atoms with E-state index >= 15 is 0 Å². The van der Waals surface area contributed by atoms with Crippen LogP contribution in [0.3, 0.4) is 0 Å². The molecule has 0 unspecified atom stereocenters. The van der Waals surface area contributed by atoms with Crippen LogP contribution in [0, 0.1) is 0 Å². The Morgan fingerprint density at radius 1 is 1.03 bits per heavy atom. The Hall–Kier alpha value is -3.81. The van der Waals surface area contributed by atoms with Gasteiger partial charge in [0.25, 0.3) is 5.91 Å². The summed E-state index contributed by atoms with van der Waals surface area (Å²) in [5.74, 6) is 2.15. The monoisotopic (exact) mass is 413 g/mol. The van der Waals surface area contributed by atoms with Crippen molar-refractivity contribution >= 4 is 23.1 Å². The lowest BCUT2D eigenvalue weighted by Crippen LogP contribution is -2.12. The summed E-state index contributed by atoms with van der Waals surface area (Å²) in [6.45, 7) is 0. The molecule has 0 atom stereocenters. The summed E-state index contributed by atoms with van der Waals surface area (Å²) >= 11 is 0. The number of carbonyl (C=O) groups is 1. The summed E-state index contributed by atoms with van der Waals surface area (Å²) in [6.07, 6.45) is 12.7. The third-order valence-electron chi connectivity index (χ3n) is 5.82. The highest BCUT2D eigenvalue weighted by Gasteiger charge is 2.24. The van der Waals surface area contributed by atoms with E-state index in [9.17, 15) is 4.79 Å². The number of aromatic nitrogens is 5. The molecule has 0 saturated heterocycles. The standard InChI is InChI=1S/C23H23N7O/c24-21-20-19(29-22(30(20)13-12-26-21)16-4-2-1-3-5-16)15-6-8-17(9-7-15)23(31)28-18-10-11-25-14-27-18/h6-14,16H,1-5H2,(H2,24,26)(H,25,27,28,31). The third kappa shape index (κ3) is 3.72. The molecule has 8 nitrogen and oxygen atoms in total. The van der Waals surface area contributed by atoms with Crippen LogP contribution in [0.1, 0.15) is 54.2 Å². The highest BCUT2D eigenvalue weighted by molar-refractivity contribution is 6.04. The van der Waals surface area contributed by atoms with Crippen molar-refractivity contribution in [2.45, 2.75) is 38.0 Å². The lowest BCUT2D eigenvalue weighted by molar-refractivity contribution is 0.102. The zero-order valence-corrected chi connectivity index (χ0v) is 17.0. The molecule has 3 heterocycles. The predicted octanol–water partition coefficient (Wildman–Crippen LogP) is 4.07. The Labute approximate surface area is 179 Å². The van der Waals surface area contributed by atoms with Crippen LogP contribution in [0.25, 0.3) is 16.8 Å². The number of benzene rings is 1. The molecule has 0 spiro atoms. The lowest BCUT2D eigenvalue weighted by Gasteiger charge is -2.20. The molecule has 5 rings (SSSR count). The SMILES string of the molecule is Nc1nccn2c(C3CCCCC3)nc(-c3ccc(C(=O)Nc4ccncn4)cc3)c12. The van der Waals surface area contributed by atoms with Gasteiger partial charge in [-0.3, -0.25) is 9.20 Å². The van der Waals surface area contributed by atoms with Crippen molar-refractivity contribution < 1.29 is 4.79 Å². The van der Waals surface area contributed by atoms with Gasteiger partial charge in [0.05, 0.1) is 0 Å². The molecule has 1 aromatic carbocycles. The maximum Gasteiger partial charge on any atom is 0.256 e. The number of amides is 1. The van der Waals surface area contributed by atoms with Crippen LogP contribution in [-0.2, 0) is 0 Å². The number of anilines is 2. The van der Waals surface area contributed by atoms with Crippen LogP contribution < -0.4 is 11.1 Å². The van der Waals surface area contributed by atoms with Gasteiger partial charge >= 0.3 is 0 Å². The van der Waals surface area contributed by atoms with Crippen molar-refractivity contribution in [3.05, 3.63) is 66.6 Å². The number of nitrogens with one attached hydrogen (secondary N) is 1. The molecule has 8 heteroatoms. The van der Waals surface area contributed by atoms with Crippen molar-refractivity contribution in [2.24, 2.45) is 0 Å². The minimum atomic E-state index is -0.232. The average Bonchev–Trinajstić information content (AvgIpc) is 3.21. The Morgan fingerprint density at radius 3 is 2.58 bits per heavy atom. The number of imidazole rings is 1. The van der Waals surface area contributed by atoms with Crippen molar-refractivity contribution in [1.29, 1.82) is 0 Å². The number of hydrogen-bond donors (Lipinski definition) is 2. The van der Waals surface area contributed by atoms with Crippen LogP contribution >= 0.6 is 0 Å². The fourth-order valence-electron chi connectivity index (χ4n) is 4.27. The fraction of sp³-hybridized carbons (Fsp3) is 0.261. The molecule has 156 valence electrons. The molecule has 1 fully saturated rings. The summed E-state index contributed by atoms with van der Waals surface area (Å²) in [6, 6.07) is 9.00. The molecule has 3 N–H and O–H groups in total. The molecule has 1 aliphatic rings. The van der Waals surface area contributed by atoms with E-state index in [1.165, 1.54) is 25.6 Å². The van der Waals surface area contributed by atoms with Gasteiger partial charge in [-0.25, -0.2) is 19.9 Å². The van der Waals surface area contributed by atoms with E-state index < -0.39 is 0 Å². The molecular weight excluding hydrogens is 390 g/mol. The Kier molecular flexibility index (Phi) is 5.03. The predicted molar refractivity (Wildman–Crippen MR) is 119 cm³/mol. The van der Waals surface area contributed by atoms with E-state index in [1.807, 2.05) is 18.3 Å². The number of rotatable bonds is 4. The first-order chi connectivity index (χ1) is 15.2. The molecular formula is C23H23N7O. The van der Waals surface area contributed by atoms with Gasteiger partial charge in [-0.1, -0.05) is 31.4 Å². The van der Waals surface area contributed by atoms with Gasteiger partial charge in [0.2, 0.25) is 0 Å². The number of nitrogen functional groups attached to an aromatic ring is 1. The van der Waals surface area contributed by atoms with Crippen molar-refractivity contribution in [3.63, 3.8) is 0 Å². The topological polar surface area (TPSA) is 111 Å². The Bertz CT molecular complexity index is 1210. The molecule has 31 heavy (non-hydrogen) atoms. The molecule has 0 aliphatic heterocycles. The molecule has 1 aliphatic carbocycles.